The van der Waals surface area contributed by atoms with Crippen LogP contribution in [0.5, 0.6) is 0 Å². The molecule has 648 valence electrons. The molecule has 0 N–H and O–H groups in total. The van der Waals surface area contributed by atoms with Gasteiger partial charge in [-0.15, -0.1) is 0 Å². The highest BCUT2D eigenvalue weighted by Crippen LogP contribution is 2.44. The predicted octanol–water partition coefficient (Wildman–Crippen LogP) is 32.0. The van der Waals surface area contributed by atoms with Gasteiger partial charge in [0.05, 0.1) is 50.2 Å². The molecule has 0 spiro atoms. The minimum Gasteiger partial charge on any atom is -0.309 e. The van der Waals surface area contributed by atoms with Crippen LogP contribution in [-0.4, -0.2) is 58.6 Å². The molecular formula is C127H80N12. The Morgan fingerprint density at radius 2 is 0.317 bits per heavy atom. The van der Waals surface area contributed by atoms with Crippen LogP contribution in [0, 0.1) is 0 Å². The van der Waals surface area contributed by atoms with Gasteiger partial charge < -0.3 is 13.7 Å². The second kappa shape index (κ2) is 34.3. The van der Waals surface area contributed by atoms with E-state index in [1.165, 1.54) is 87.0 Å². The number of benzene rings is 22. The number of para-hydroxylation sites is 6. The second-order valence-corrected chi connectivity index (χ2v) is 35.0. The van der Waals surface area contributed by atoms with Crippen molar-refractivity contribution in [3.8, 4) is 120 Å². The highest BCUT2D eigenvalue weighted by Gasteiger charge is 2.25. The van der Waals surface area contributed by atoms with E-state index in [0.29, 0.717) is 52.4 Å². The van der Waals surface area contributed by atoms with Crippen LogP contribution in [0.15, 0.2) is 485 Å². The van der Waals surface area contributed by atoms with Crippen LogP contribution in [0.2, 0.25) is 0 Å². The third kappa shape index (κ3) is 14.5. The predicted molar refractivity (Wildman–Crippen MR) is 574 cm³/mol. The average molecular weight is 1770 g/mol. The van der Waals surface area contributed by atoms with E-state index in [9.17, 15) is 0 Å². The van der Waals surface area contributed by atoms with E-state index in [2.05, 4.69) is 438 Å². The molecule has 0 unspecified atom stereocenters. The van der Waals surface area contributed by atoms with Crippen LogP contribution in [0.1, 0.15) is 0 Å². The lowest BCUT2D eigenvalue weighted by Gasteiger charge is -2.15. The first-order chi connectivity index (χ1) is 68.9. The summed E-state index contributed by atoms with van der Waals surface area (Å²) in [5.41, 5.74) is 19.1. The standard InChI is InChI=1S/C45H28N4.2C41H26N4/c1-3-13-31-27-33(23-21-29(31)11-1)43-46-44(34-24-22-30-12-2-4-14-32(30)28-34)48-45(47-43)39-25-26-42(36-16-6-5-15-35(36)39)49-40-19-9-7-17-37(40)38-18-8-10-20-41(38)49;1-2-13-28(14-3-1)39-42-40(30-25-24-27-12-4-5-15-29(27)26-30)44-41(43-39)35-20-10-19-32-31(35)18-11-23-38(32)45-36-21-8-6-16-33(36)34-17-7-9-22-37(34)45;1-2-13-28(14-3-1)39-42-40(30-23-22-27-12-4-5-15-29(27)26-30)44-41(43-39)35-24-25-38(32-17-7-6-16-31(32)35)45-36-20-10-8-18-33(36)34-19-9-11-21-37(34)45/h1-28H;2*1-26H. The minimum absolute atomic E-state index is 0.645. The van der Waals surface area contributed by atoms with Gasteiger partial charge in [0, 0.05) is 98.5 Å². The van der Waals surface area contributed by atoms with Gasteiger partial charge in [-0.3, -0.25) is 0 Å². The Hall–Kier alpha value is -18.9. The summed E-state index contributed by atoms with van der Waals surface area (Å²) in [5.74, 6) is 5.85. The molecule has 0 amide bonds. The number of aromatic nitrogens is 12. The molecule has 0 bridgehead atoms. The van der Waals surface area contributed by atoms with E-state index in [0.717, 1.165) is 121 Å². The Bertz CT molecular complexity index is 9190. The molecule has 22 aromatic carbocycles. The number of hydrogen-bond donors (Lipinski definition) is 0. The first kappa shape index (κ1) is 80.9. The van der Waals surface area contributed by atoms with E-state index >= 15 is 0 Å². The highest BCUT2D eigenvalue weighted by molar-refractivity contribution is 6.15. The van der Waals surface area contributed by atoms with Crippen molar-refractivity contribution >= 4 is 141 Å². The van der Waals surface area contributed by atoms with Gasteiger partial charge in [0.25, 0.3) is 0 Å². The summed E-state index contributed by atoms with van der Waals surface area (Å²) in [4.78, 5) is 45.8. The second-order valence-electron chi connectivity index (χ2n) is 35.0. The zero-order chi connectivity index (χ0) is 91.8. The summed E-state index contributed by atoms with van der Waals surface area (Å²) in [6.45, 7) is 0. The molecule has 12 nitrogen and oxygen atoms in total. The van der Waals surface area contributed by atoms with Gasteiger partial charge in [0.1, 0.15) is 0 Å². The van der Waals surface area contributed by atoms with E-state index in [4.69, 9.17) is 44.9 Å². The van der Waals surface area contributed by atoms with E-state index in [1.807, 2.05) is 60.7 Å². The first-order valence-electron chi connectivity index (χ1n) is 46.8. The summed E-state index contributed by atoms with van der Waals surface area (Å²) in [6.07, 6.45) is 0. The Morgan fingerprint density at radius 1 is 0.115 bits per heavy atom. The smallest absolute Gasteiger partial charge is 0.164 e. The van der Waals surface area contributed by atoms with Crippen LogP contribution < -0.4 is 0 Å². The Labute approximate surface area is 798 Å². The molecule has 12 heteroatoms. The maximum Gasteiger partial charge on any atom is 0.164 e. The van der Waals surface area contributed by atoms with Gasteiger partial charge in [-0.25, -0.2) is 44.9 Å². The van der Waals surface area contributed by atoms with Crippen molar-refractivity contribution in [1.82, 2.24) is 58.6 Å². The zero-order valence-corrected chi connectivity index (χ0v) is 75.1. The summed E-state index contributed by atoms with van der Waals surface area (Å²) in [7, 11) is 0. The molecule has 0 atom stereocenters. The molecule has 0 saturated carbocycles. The zero-order valence-electron chi connectivity index (χ0n) is 75.1. The average Bonchev–Trinajstić information content (AvgIpc) is 1.58. The maximum absolute atomic E-state index is 5.18. The van der Waals surface area contributed by atoms with Crippen molar-refractivity contribution in [2.75, 3.05) is 0 Å². The fraction of sp³-hybridized carbons (Fsp3) is 0. The number of rotatable bonds is 12. The molecule has 0 radical (unpaired) electrons. The van der Waals surface area contributed by atoms with E-state index in [-0.39, 0.29) is 0 Å². The van der Waals surface area contributed by atoms with Crippen LogP contribution >= 0.6 is 0 Å². The van der Waals surface area contributed by atoms with Gasteiger partial charge in [0.15, 0.2) is 52.4 Å². The van der Waals surface area contributed by atoms with Gasteiger partial charge in [-0.2, -0.15) is 0 Å². The van der Waals surface area contributed by atoms with Gasteiger partial charge in [-0.05, 0) is 150 Å². The molecule has 6 heterocycles. The highest BCUT2D eigenvalue weighted by atomic mass is 15.1. The normalized spacial score (nSPS) is 11.6. The summed E-state index contributed by atoms with van der Waals surface area (Å²) in [5, 5.41) is 23.4. The monoisotopic (exact) mass is 1770 g/mol. The Balaban J connectivity index is 0.000000108. The fourth-order valence-electron chi connectivity index (χ4n) is 20.3. The number of hydrogen-bond acceptors (Lipinski definition) is 9. The molecule has 28 aromatic rings. The number of fused-ring (bicyclic) bond motifs is 16. The molecule has 0 fully saturated rings. The molecule has 0 aliphatic heterocycles. The molecule has 0 aliphatic carbocycles. The van der Waals surface area contributed by atoms with Crippen LogP contribution in [-0.2, 0) is 0 Å². The summed E-state index contributed by atoms with van der Waals surface area (Å²) >= 11 is 0. The molecule has 28 rings (SSSR count). The summed E-state index contributed by atoms with van der Waals surface area (Å²) < 4.78 is 7.13. The minimum atomic E-state index is 0.645. The molecular weight excluding hydrogens is 1690 g/mol. The summed E-state index contributed by atoms with van der Waals surface area (Å²) in [6, 6.07) is 170. The van der Waals surface area contributed by atoms with Crippen LogP contribution in [0.25, 0.3) is 260 Å². The topological polar surface area (TPSA) is 131 Å². The van der Waals surface area contributed by atoms with Crippen molar-refractivity contribution in [2.24, 2.45) is 0 Å². The third-order valence-electron chi connectivity index (χ3n) is 26.9. The van der Waals surface area contributed by atoms with Crippen molar-refractivity contribution in [1.29, 1.82) is 0 Å². The van der Waals surface area contributed by atoms with Crippen LogP contribution in [0.4, 0.5) is 0 Å². The lowest BCUT2D eigenvalue weighted by molar-refractivity contribution is 1.08. The van der Waals surface area contributed by atoms with Crippen molar-refractivity contribution in [3.63, 3.8) is 0 Å². The lowest BCUT2D eigenvalue weighted by atomic mass is 10.0. The van der Waals surface area contributed by atoms with E-state index in [1.54, 1.807) is 0 Å². The fourth-order valence-corrected chi connectivity index (χ4v) is 20.3. The molecule has 6 aromatic heterocycles. The largest absolute Gasteiger partial charge is 0.309 e. The van der Waals surface area contributed by atoms with Crippen molar-refractivity contribution in [2.45, 2.75) is 0 Å². The van der Waals surface area contributed by atoms with Gasteiger partial charge >= 0.3 is 0 Å². The van der Waals surface area contributed by atoms with Crippen molar-refractivity contribution < 1.29 is 0 Å². The Morgan fingerprint density at radius 3 is 0.612 bits per heavy atom. The maximum atomic E-state index is 5.18. The molecule has 139 heavy (non-hydrogen) atoms. The van der Waals surface area contributed by atoms with Gasteiger partial charge in [-0.1, -0.05) is 394 Å². The SMILES string of the molecule is c1ccc(-c2nc(-c3ccc4ccccc4c3)nc(-c3ccc(-n4c5ccccc5c5ccccc54)c4ccccc34)n2)cc1.c1ccc(-c2nc(-c3ccc4ccccc4c3)nc(-c3cccc4c(-n5c6ccccc6c6ccccc65)cccc34)n2)cc1.c1ccc2cc(-c3nc(-c4ccc5ccccc5c4)nc(-c4ccc(-n5c6ccccc6c6ccccc65)c5ccccc45)n3)ccc2c1. The van der Waals surface area contributed by atoms with E-state index < -0.39 is 0 Å². The Kier molecular flexibility index (Phi) is 20.0. The number of nitrogens with zero attached hydrogens (tertiary/aromatic N) is 12. The quantitative estimate of drug-likeness (QED) is 0.117. The molecule has 0 saturated heterocycles. The van der Waals surface area contributed by atoms with Gasteiger partial charge in [0.2, 0.25) is 0 Å². The first-order valence-corrected chi connectivity index (χ1v) is 46.8. The van der Waals surface area contributed by atoms with Crippen molar-refractivity contribution in [3.05, 3.63) is 485 Å². The molecule has 0 aliphatic rings. The lowest BCUT2D eigenvalue weighted by Crippen LogP contribution is -2.02. The van der Waals surface area contributed by atoms with Crippen LogP contribution in [0.3, 0.4) is 0 Å². The third-order valence-corrected chi connectivity index (χ3v) is 26.9.